The lowest BCUT2D eigenvalue weighted by atomic mass is 10.0. The van der Waals surface area contributed by atoms with Crippen LogP contribution in [-0.2, 0) is 4.74 Å². The highest BCUT2D eigenvalue weighted by atomic mass is 35.5. The summed E-state index contributed by atoms with van der Waals surface area (Å²) in [6.45, 7) is 7.25. The number of halogens is 1. The fourth-order valence-electron chi connectivity index (χ4n) is 3.24. The Bertz CT molecular complexity index is 798. The number of rotatable bonds is 2. The molecule has 0 atom stereocenters. The SMILES string of the molecule is CN(C(=O)OC(C)(C)C)C1CCN(c2nnc(Cl)c3ccccc23)CC1. The predicted molar refractivity (Wildman–Crippen MR) is 104 cm³/mol. The van der Waals surface area contributed by atoms with E-state index in [1.54, 1.807) is 4.90 Å². The predicted octanol–water partition coefficient (Wildman–Crippen LogP) is 4.12. The van der Waals surface area contributed by atoms with Gasteiger partial charge in [-0.3, -0.25) is 0 Å². The molecule has 0 bridgehead atoms. The lowest BCUT2D eigenvalue weighted by molar-refractivity contribution is 0.0201. The van der Waals surface area contributed by atoms with Gasteiger partial charge < -0.3 is 14.5 Å². The molecule has 0 aliphatic carbocycles. The third kappa shape index (κ3) is 4.01. The smallest absolute Gasteiger partial charge is 0.410 e. The van der Waals surface area contributed by atoms with E-state index in [2.05, 4.69) is 15.1 Å². The minimum absolute atomic E-state index is 0.160. The van der Waals surface area contributed by atoms with Crippen molar-refractivity contribution >= 4 is 34.3 Å². The third-order valence-corrected chi connectivity index (χ3v) is 4.90. The molecule has 1 aromatic carbocycles. The molecular weight excluding hydrogens is 352 g/mol. The topological polar surface area (TPSA) is 58.6 Å². The molecule has 1 aliphatic rings. The molecule has 140 valence electrons. The van der Waals surface area contributed by atoms with Gasteiger partial charge in [0.1, 0.15) is 5.60 Å². The second-order valence-electron chi connectivity index (χ2n) is 7.67. The summed E-state index contributed by atoms with van der Waals surface area (Å²) in [5, 5.41) is 10.8. The van der Waals surface area contributed by atoms with E-state index in [4.69, 9.17) is 16.3 Å². The second kappa shape index (κ2) is 7.27. The second-order valence-corrected chi connectivity index (χ2v) is 8.03. The Labute approximate surface area is 159 Å². The normalized spacial score (nSPS) is 16.0. The molecule has 3 rings (SSSR count). The van der Waals surface area contributed by atoms with Gasteiger partial charge in [0.15, 0.2) is 11.0 Å². The molecule has 7 heteroatoms. The summed E-state index contributed by atoms with van der Waals surface area (Å²) in [5.41, 5.74) is -0.482. The number of hydrogen-bond acceptors (Lipinski definition) is 5. The average molecular weight is 377 g/mol. The van der Waals surface area contributed by atoms with Gasteiger partial charge in [0.2, 0.25) is 0 Å². The largest absolute Gasteiger partial charge is 0.444 e. The first-order valence-electron chi connectivity index (χ1n) is 8.88. The van der Waals surface area contributed by atoms with Crippen molar-refractivity contribution in [3.8, 4) is 0 Å². The van der Waals surface area contributed by atoms with Crippen LogP contribution in [0, 0.1) is 0 Å². The van der Waals surface area contributed by atoms with Crippen molar-refractivity contribution in [2.24, 2.45) is 0 Å². The molecule has 2 aromatic rings. The molecule has 0 N–H and O–H groups in total. The summed E-state index contributed by atoms with van der Waals surface area (Å²) in [4.78, 5) is 16.2. The Kier molecular flexibility index (Phi) is 5.23. The summed E-state index contributed by atoms with van der Waals surface area (Å²) in [7, 11) is 1.81. The molecule has 1 aliphatic heterocycles. The first-order chi connectivity index (χ1) is 12.3. The number of anilines is 1. The monoisotopic (exact) mass is 376 g/mol. The van der Waals surface area contributed by atoms with Gasteiger partial charge in [0.25, 0.3) is 0 Å². The molecule has 0 saturated carbocycles. The zero-order valence-corrected chi connectivity index (χ0v) is 16.5. The minimum Gasteiger partial charge on any atom is -0.444 e. The number of carbonyl (C=O) groups excluding carboxylic acids is 1. The van der Waals surface area contributed by atoms with Gasteiger partial charge in [0.05, 0.1) is 0 Å². The summed E-state index contributed by atoms with van der Waals surface area (Å²) in [5.74, 6) is 0.850. The first-order valence-corrected chi connectivity index (χ1v) is 9.26. The van der Waals surface area contributed by atoms with Crippen LogP contribution in [0.4, 0.5) is 10.6 Å². The average Bonchev–Trinajstić information content (AvgIpc) is 2.60. The lowest BCUT2D eigenvalue weighted by Crippen LogP contribution is -2.47. The van der Waals surface area contributed by atoms with E-state index >= 15 is 0 Å². The van der Waals surface area contributed by atoms with E-state index in [0.29, 0.717) is 5.15 Å². The molecule has 0 spiro atoms. The number of piperidine rings is 1. The lowest BCUT2D eigenvalue weighted by Gasteiger charge is -2.37. The van der Waals surface area contributed by atoms with Crippen LogP contribution in [0.2, 0.25) is 5.15 Å². The minimum atomic E-state index is -0.482. The van der Waals surface area contributed by atoms with E-state index in [1.807, 2.05) is 52.1 Å². The van der Waals surface area contributed by atoms with Crippen LogP contribution in [-0.4, -0.2) is 53.0 Å². The van der Waals surface area contributed by atoms with Crippen LogP contribution in [0.1, 0.15) is 33.6 Å². The maximum absolute atomic E-state index is 12.3. The van der Waals surface area contributed by atoms with Crippen LogP contribution in [0.3, 0.4) is 0 Å². The number of fused-ring (bicyclic) bond motifs is 1. The van der Waals surface area contributed by atoms with Crippen molar-refractivity contribution < 1.29 is 9.53 Å². The standard InChI is InChI=1S/C19H25ClN4O2/c1-19(2,3)26-18(25)23(4)13-9-11-24(12-10-13)17-15-8-6-5-7-14(15)16(20)21-22-17/h5-8,13H,9-12H2,1-4H3. The highest BCUT2D eigenvalue weighted by Crippen LogP contribution is 2.30. The summed E-state index contributed by atoms with van der Waals surface area (Å²) in [6, 6.07) is 8.06. The number of aromatic nitrogens is 2. The van der Waals surface area contributed by atoms with E-state index in [-0.39, 0.29) is 12.1 Å². The molecule has 1 fully saturated rings. The molecule has 1 aromatic heterocycles. The summed E-state index contributed by atoms with van der Waals surface area (Å²) >= 11 is 6.17. The van der Waals surface area contributed by atoms with Crippen molar-refractivity contribution in [1.82, 2.24) is 15.1 Å². The molecule has 1 amide bonds. The van der Waals surface area contributed by atoms with E-state index < -0.39 is 5.60 Å². The number of hydrogen-bond donors (Lipinski definition) is 0. The maximum atomic E-state index is 12.3. The molecule has 26 heavy (non-hydrogen) atoms. The summed E-state index contributed by atoms with van der Waals surface area (Å²) < 4.78 is 5.47. The molecule has 2 heterocycles. The highest BCUT2D eigenvalue weighted by Gasteiger charge is 2.29. The molecule has 0 unspecified atom stereocenters. The number of amides is 1. The van der Waals surface area contributed by atoms with E-state index in [1.165, 1.54) is 0 Å². The Morgan fingerprint density at radius 2 is 1.81 bits per heavy atom. The maximum Gasteiger partial charge on any atom is 0.410 e. The van der Waals surface area contributed by atoms with Gasteiger partial charge >= 0.3 is 6.09 Å². The van der Waals surface area contributed by atoms with Crippen molar-refractivity contribution in [2.45, 2.75) is 45.3 Å². The number of carbonyl (C=O) groups is 1. The summed E-state index contributed by atoms with van der Waals surface area (Å²) in [6.07, 6.45) is 1.44. The van der Waals surface area contributed by atoms with Crippen LogP contribution in [0.15, 0.2) is 24.3 Å². The molecular formula is C19H25ClN4O2. The Hall–Kier alpha value is -2.08. The van der Waals surface area contributed by atoms with Crippen molar-refractivity contribution in [2.75, 3.05) is 25.0 Å². The Balaban J connectivity index is 1.70. The Morgan fingerprint density at radius 3 is 2.42 bits per heavy atom. The quantitative estimate of drug-likeness (QED) is 0.789. The van der Waals surface area contributed by atoms with Crippen LogP contribution < -0.4 is 4.90 Å². The van der Waals surface area contributed by atoms with E-state index in [0.717, 1.165) is 42.5 Å². The molecule has 6 nitrogen and oxygen atoms in total. The van der Waals surface area contributed by atoms with Gasteiger partial charge in [0, 0.05) is 37.0 Å². The van der Waals surface area contributed by atoms with Crippen LogP contribution in [0.25, 0.3) is 10.8 Å². The molecule has 1 saturated heterocycles. The fraction of sp³-hybridized carbons (Fsp3) is 0.526. The number of benzene rings is 1. The highest BCUT2D eigenvalue weighted by molar-refractivity contribution is 6.34. The van der Waals surface area contributed by atoms with E-state index in [9.17, 15) is 4.79 Å². The van der Waals surface area contributed by atoms with Crippen LogP contribution >= 0.6 is 11.6 Å². The van der Waals surface area contributed by atoms with Gasteiger partial charge in [-0.05, 0) is 33.6 Å². The first kappa shape index (κ1) is 18.7. The van der Waals surface area contributed by atoms with Crippen molar-refractivity contribution in [1.29, 1.82) is 0 Å². The fourth-order valence-corrected chi connectivity index (χ4v) is 3.44. The number of ether oxygens (including phenoxy) is 1. The van der Waals surface area contributed by atoms with Gasteiger partial charge in [-0.15, -0.1) is 10.2 Å². The number of nitrogens with zero attached hydrogens (tertiary/aromatic N) is 4. The molecule has 0 radical (unpaired) electrons. The van der Waals surface area contributed by atoms with Crippen molar-refractivity contribution in [3.63, 3.8) is 0 Å². The van der Waals surface area contributed by atoms with Gasteiger partial charge in [-0.25, -0.2) is 4.79 Å². The van der Waals surface area contributed by atoms with Gasteiger partial charge in [-0.1, -0.05) is 35.9 Å². The Morgan fingerprint density at radius 1 is 1.19 bits per heavy atom. The van der Waals surface area contributed by atoms with Crippen molar-refractivity contribution in [3.05, 3.63) is 29.4 Å². The van der Waals surface area contributed by atoms with Crippen LogP contribution in [0.5, 0.6) is 0 Å². The van der Waals surface area contributed by atoms with Gasteiger partial charge in [-0.2, -0.15) is 0 Å². The zero-order chi connectivity index (χ0) is 18.9. The zero-order valence-electron chi connectivity index (χ0n) is 15.7. The third-order valence-electron chi connectivity index (χ3n) is 4.62.